The van der Waals surface area contributed by atoms with Crippen LogP contribution in [-0.4, -0.2) is 35.6 Å². The molecule has 88 valence electrons. The Morgan fingerprint density at radius 1 is 1.40 bits per heavy atom. The van der Waals surface area contributed by atoms with E-state index in [1.807, 2.05) is 6.92 Å². The van der Waals surface area contributed by atoms with Gasteiger partial charge in [-0.15, -0.1) is 0 Å². The summed E-state index contributed by atoms with van der Waals surface area (Å²) in [6, 6.07) is 0. The molecule has 0 spiro atoms. The van der Waals surface area contributed by atoms with Gasteiger partial charge in [0.25, 0.3) is 0 Å². The third-order valence-electron chi connectivity index (χ3n) is 3.50. The van der Waals surface area contributed by atoms with E-state index in [1.165, 1.54) is 6.42 Å². The SMILES string of the molecule is CC(C)CCN1CCC(C)(C(=O)O)CC1. The van der Waals surface area contributed by atoms with Crippen LogP contribution in [0.1, 0.15) is 40.0 Å². The van der Waals surface area contributed by atoms with Crippen LogP contribution < -0.4 is 0 Å². The van der Waals surface area contributed by atoms with Crippen molar-refractivity contribution in [2.45, 2.75) is 40.0 Å². The van der Waals surface area contributed by atoms with E-state index in [0.717, 1.165) is 38.4 Å². The molecule has 1 fully saturated rings. The van der Waals surface area contributed by atoms with Crippen molar-refractivity contribution in [3.63, 3.8) is 0 Å². The smallest absolute Gasteiger partial charge is 0.309 e. The number of likely N-dealkylation sites (tertiary alicyclic amines) is 1. The fraction of sp³-hybridized carbons (Fsp3) is 0.917. The molecule has 0 aromatic rings. The average molecular weight is 213 g/mol. The molecule has 1 N–H and O–H groups in total. The minimum absolute atomic E-state index is 0.478. The largest absolute Gasteiger partial charge is 0.481 e. The van der Waals surface area contributed by atoms with Crippen LogP contribution in [0.25, 0.3) is 0 Å². The van der Waals surface area contributed by atoms with Gasteiger partial charge in [-0.25, -0.2) is 0 Å². The highest BCUT2D eigenvalue weighted by molar-refractivity contribution is 5.74. The van der Waals surface area contributed by atoms with Crippen molar-refractivity contribution < 1.29 is 9.90 Å². The molecule has 1 aliphatic rings. The van der Waals surface area contributed by atoms with Gasteiger partial charge < -0.3 is 10.0 Å². The second-order valence-corrected chi connectivity index (χ2v) is 5.39. The molecule has 1 saturated heterocycles. The molecular weight excluding hydrogens is 190 g/mol. The molecule has 0 radical (unpaired) electrons. The van der Waals surface area contributed by atoms with Gasteiger partial charge in [-0.1, -0.05) is 13.8 Å². The maximum atomic E-state index is 11.0. The van der Waals surface area contributed by atoms with Crippen molar-refractivity contribution >= 4 is 5.97 Å². The van der Waals surface area contributed by atoms with Gasteiger partial charge >= 0.3 is 5.97 Å². The normalized spacial score (nSPS) is 21.9. The van der Waals surface area contributed by atoms with Gasteiger partial charge in [0, 0.05) is 0 Å². The summed E-state index contributed by atoms with van der Waals surface area (Å²) >= 11 is 0. The van der Waals surface area contributed by atoms with E-state index >= 15 is 0 Å². The Kier molecular flexibility index (Phi) is 4.14. The van der Waals surface area contributed by atoms with Gasteiger partial charge in [-0.2, -0.15) is 0 Å². The maximum Gasteiger partial charge on any atom is 0.309 e. The first-order valence-corrected chi connectivity index (χ1v) is 5.90. The van der Waals surface area contributed by atoms with Crippen molar-refractivity contribution in [3.8, 4) is 0 Å². The highest BCUT2D eigenvalue weighted by Gasteiger charge is 2.36. The Bertz CT molecular complexity index is 218. The molecule has 0 amide bonds. The van der Waals surface area contributed by atoms with E-state index in [0.29, 0.717) is 0 Å². The monoisotopic (exact) mass is 213 g/mol. The van der Waals surface area contributed by atoms with Crippen molar-refractivity contribution in [2.75, 3.05) is 19.6 Å². The molecule has 0 aromatic carbocycles. The zero-order valence-electron chi connectivity index (χ0n) is 10.1. The fourth-order valence-electron chi connectivity index (χ4n) is 1.92. The van der Waals surface area contributed by atoms with E-state index in [1.54, 1.807) is 0 Å². The van der Waals surface area contributed by atoms with Crippen molar-refractivity contribution in [3.05, 3.63) is 0 Å². The lowest BCUT2D eigenvalue weighted by Crippen LogP contribution is -2.43. The van der Waals surface area contributed by atoms with Crippen molar-refractivity contribution in [2.24, 2.45) is 11.3 Å². The number of carboxylic acids is 1. The van der Waals surface area contributed by atoms with Crippen LogP contribution in [0, 0.1) is 11.3 Å². The lowest BCUT2D eigenvalue weighted by Gasteiger charge is -2.36. The summed E-state index contributed by atoms with van der Waals surface area (Å²) in [6.07, 6.45) is 2.80. The number of carbonyl (C=O) groups is 1. The number of hydrogen-bond donors (Lipinski definition) is 1. The topological polar surface area (TPSA) is 40.5 Å². The predicted molar refractivity (Wildman–Crippen MR) is 60.9 cm³/mol. The molecule has 0 unspecified atom stereocenters. The summed E-state index contributed by atoms with van der Waals surface area (Å²) in [5.41, 5.74) is -0.478. The number of rotatable bonds is 4. The first kappa shape index (κ1) is 12.5. The molecule has 15 heavy (non-hydrogen) atoms. The molecule has 1 rings (SSSR count). The number of carboxylic acid groups (broad SMARTS) is 1. The first-order valence-electron chi connectivity index (χ1n) is 5.90. The predicted octanol–water partition coefficient (Wildman–Crippen LogP) is 2.22. The third kappa shape index (κ3) is 3.49. The third-order valence-corrected chi connectivity index (χ3v) is 3.50. The Morgan fingerprint density at radius 2 is 1.93 bits per heavy atom. The number of piperidine rings is 1. The Hall–Kier alpha value is -0.570. The Balaban J connectivity index is 2.32. The molecular formula is C12H23NO2. The van der Waals surface area contributed by atoms with E-state index in [-0.39, 0.29) is 0 Å². The Morgan fingerprint density at radius 3 is 2.33 bits per heavy atom. The quantitative estimate of drug-likeness (QED) is 0.778. The molecule has 1 heterocycles. The minimum atomic E-state index is -0.633. The molecule has 1 aliphatic heterocycles. The lowest BCUT2D eigenvalue weighted by atomic mass is 9.80. The molecule has 3 heteroatoms. The van der Waals surface area contributed by atoms with E-state index in [9.17, 15) is 4.79 Å². The minimum Gasteiger partial charge on any atom is -0.481 e. The fourth-order valence-corrected chi connectivity index (χ4v) is 1.92. The summed E-state index contributed by atoms with van der Waals surface area (Å²) in [5.74, 6) is 0.101. The van der Waals surface area contributed by atoms with Crippen molar-refractivity contribution in [1.29, 1.82) is 0 Å². The van der Waals surface area contributed by atoms with Gasteiger partial charge in [0.1, 0.15) is 0 Å². The van der Waals surface area contributed by atoms with Crippen LogP contribution in [0.2, 0.25) is 0 Å². The number of hydrogen-bond acceptors (Lipinski definition) is 2. The summed E-state index contributed by atoms with van der Waals surface area (Å²) in [6.45, 7) is 9.32. The van der Waals surface area contributed by atoms with E-state index in [4.69, 9.17) is 5.11 Å². The zero-order chi connectivity index (χ0) is 11.5. The average Bonchev–Trinajstić information content (AvgIpc) is 2.16. The second-order valence-electron chi connectivity index (χ2n) is 5.39. The van der Waals surface area contributed by atoms with Crippen LogP contribution in [0.4, 0.5) is 0 Å². The highest BCUT2D eigenvalue weighted by atomic mass is 16.4. The lowest BCUT2D eigenvalue weighted by molar-refractivity contribution is -0.150. The maximum absolute atomic E-state index is 11.0. The highest BCUT2D eigenvalue weighted by Crippen LogP contribution is 2.31. The van der Waals surface area contributed by atoms with Crippen LogP contribution in [0.3, 0.4) is 0 Å². The summed E-state index contributed by atoms with van der Waals surface area (Å²) in [4.78, 5) is 13.4. The standard InChI is InChI=1S/C12H23NO2/c1-10(2)4-7-13-8-5-12(3,6-9-13)11(14)15/h10H,4-9H2,1-3H3,(H,14,15). The van der Waals surface area contributed by atoms with Crippen LogP contribution >= 0.6 is 0 Å². The molecule has 0 bridgehead atoms. The van der Waals surface area contributed by atoms with Gasteiger partial charge in [0.05, 0.1) is 5.41 Å². The molecule has 0 atom stereocenters. The first-order chi connectivity index (χ1) is 6.94. The van der Waals surface area contributed by atoms with Crippen LogP contribution in [0.5, 0.6) is 0 Å². The van der Waals surface area contributed by atoms with E-state index < -0.39 is 11.4 Å². The summed E-state index contributed by atoms with van der Waals surface area (Å²) in [5, 5.41) is 9.08. The van der Waals surface area contributed by atoms with E-state index in [2.05, 4.69) is 18.7 Å². The zero-order valence-corrected chi connectivity index (χ0v) is 10.1. The Labute approximate surface area is 92.5 Å². The van der Waals surface area contributed by atoms with Gasteiger partial charge in [-0.05, 0) is 51.7 Å². The number of nitrogens with zero attached hydrogens (tertiary/aromatic N) is 1. The number of aliphatic carboxylic acids is 1. The summed E-state index contributed by atoms with van der Waals surface area (Å²) in [7, 11) is 0. The van der Waals surface area contributed by atoms with Gasteiger partial charge in [0.15, 0.2) is 0 Å². The van der Waals surface area contributed by atoms with Crippen LogP contribution in [-0.2, 0) is 4.79 Å². The van der Waals surface area contributed by atoms with Crippen LogP contribution in [0.15, 0.2) is 0 Å². The molecule has 0 saturated carbocycles. The summed E-state index contributed by atoms with van der Waals surface area (Å²) < 4.78 is 0. The van der Waals surface area contributed by atoms with Gasteiger partial charge in [-0.3, -0.25) is 4.79 Å². The molecule has 3 nitrogen and oxygen atoms in total. The molecule has 0 aliphatic carbocycles. The van der Waals surface area contributed by atoms with Gasteiger partial charge in [0.2, 0.25) is 0 Å². The second kappa shape index (κ2) is 4.97. The molecule has 0 aromatic heterocycles. The van der Waals surface area contributed by atoms with Crippen molar-refractivity contribution in [1.82, 2.24) is 4.90 Å².